The normalized spacial score (nSPS) is 15.5. The molecule has 5 nitrogen and oxygen atoms in total. The molecule has 2 aromatic heterocycles. The summed E-state index contributed by atoms with van der Waals surface area (Å²) in [5.41, 5.74) is 4.08. The van der Waals surface area contributed by atoms with E-state index in [2.05, 4.69) is 27.9 Å². The molecule has 0 saturated carbocycles. The lowest BCUT2D eigenvalue weighted by atomic mass is 10.1. The van der Waals surface area contributed by atoms with E-state index in [1.807, 2.05) is 42.3 Å². The molecule has 0 radical (unpaired) electrons. The molecular weight excluding hydrogens is 344 g/mol. The Kier molecular flexibility index (Phi) is 4.70. The first-order valence-electron chi connectivity index (χ1n) is 8.89. The van der Waals surface area contributed by atoms with Crippen LogP contribution in [0.4, 0.5) is 0 Å². The summed E-state index contributed by atoms with van der Waals surface area (Å²) in [4.78, 5) is 26.1. The molecule has 1 fully saturated rings. The predicted octanol–water partition coefficient (Wildman–Crippen LogP) is 3.27. The quantitative estimate of drug-likeness (QED) is 0.714. The Morgan fingerprint density at radius 1 is 1.15 bits per heavy atom. The number of aryl methyl sites for hydroxylation is 2. The molecule has 0 spiro atoms. The number of hydrogen-bond donors (Lipinski definition) is 0. The van der Waals surface area contributed by atoms with Crippen LogP contribution in [0.3, 0.4) is 0 Å². The van der Waals surface area contributed by atoms with Crippen molar-refractivity contribution in [2.75, 3.05) is 26.2 Å². The first kappa shape index (κ1) is 17.1. The maximum absolute atomic E-state index is 12.8. The Balaban J connectivity index is 1.40. The van der Waals surface area contributed by atoms with Crippen LogP contribution in [-0.2, 0) is 6.54 Å². The van der Waals surface area contributed by atoms with Gasteiger partial charge in [-0.1, -0.05) is 6.07 Å². The molecule has 134 valence electrons. The molecule has 1 aliphatic rings. The molecule has 0 atom stereocenters. The fourth-order valence-electron chi connectivity index (χ4n) is 3.36. The van der Waals surface area contributed by atoms with E-state index in [-0.39, 0.29) is 5.91 Å². The second kappa shape index (κ2) is 7.13. The summed E-state index contributed by atoms with van der Waals surface area (Å²) in [7, 11) is 0. The van der Waals surface area contributed by atoms with Crippen LogP contribution < -0.4 is 0 Å². The second-order valence-corrected chi connectivity index (χ2v) is 7.99. The van der Waals surface area contributed by atoms with Gasteiger partial charge in [-0.15, -0.1) is 11.3 Å². The van der Waals surface area contributed by atoms with Gasteiger partial charge in [0.05, 0.1) is 20.9 Å². The molecule has 6 heteroatoms. The molecule has 0 aliphatic carbocycles. The Morgan fingerprint density at radius 3 is 2.73 bits per heavy atom. The molecular formula is C20H22N4OS. The van der Waals surface area contributed by atoms with E-state index >= 15 is 0 Å². The van der Waals surface area contributed by atoms with Gasteiger partial charge in [-0.3, -0.25) is 14.7 Å². The predicted molar refractivity (Wildman–Crippen MR) is 105 cm³/mol. The van der Waals surface area contributed by atoms with Crippen LogP contribution in [0.1, 0.15) is 26.6 Å². The van der Waals surface area contributed by atoms with Gasteiger partial charge in [-0.2, -0.15) is 0 Å². The number of aromatic nitrogens is 2. The number of benzene rings is 1. The fraction of sp³-hybridized carbons (Fsp3) is 0.350. The number of pyridine rings is 1. The molecule has 1 saturated heterocycles. The summed E-state index contributed by atoms with van der Waals surface area (Å²) in [6.07, 6.45) is 1.85. The number of carbonyl (C=O) groups is 1. The van der Waals surface area contributed by atoms with Gasteiger partial charge in [-0.05, 0) is 43.7 Å². The summed E-state index contributed by atoms with van der Waals surface area (Å²) >= 11 is 1.64. The summed E-state index contributed by atoms with van der Waals surface area (Å²) < 4.78 is 1.08. The third-order valence-electron chi connectivity index (χ3n) is 4.89. The average molecular weight is 366 g/mol. The maximum Gasteiger partial charge on any atom is 0.253 e. The van der Waals surface area contributed by atoms with Crippen LogP contribution in [0.15, 0.2) is 36.5 Å². The minimum Gasteiger partial charge on any atom is -0.336 e. The average Bonchev–Trinajstić information content (AvgIpc) is 3.03. The summed E-state index contributed by atoms with van der Waals surface area (Å²) in [5, 5.41) is 1.03. The number of piperazine rings is 1. The number of hydrogen-bond acceptors (Lipinski definition) is 5. The van der Waals surface area contributed by atoms with Gasteiger partial charge in [0.25, 0.3) is 5.91 Å². The first-order valence-corrected chi connectivity index (χ1v) is 9.71. The zero-order valence-electron chi connectivity index (χ0n) is 15.1. The molecule has 0 unspecified atom stereocenters. The van der Waals surface area contributed by atoms with Crippen molar-refractivity contribution in [3.63, 3.8) is 0 Å². The zero-order chi connectivity index (χ0) is 18.1. The molecule has 3 heterocycles. The number of fused-ring (bicyclic) bond motifs is 1. The SMILES string of the molecule is Cc1nc2ccc(C(=O)N3CCN(Cc4ncccc4C)CC3)cc2s1. The zero-order valence-corrected chi connectivity index (χ0v) is 15.9. The summed E-state index contributed by atoms with van der Waals surface area (Å²) in [6.45, 7) is 8.21. The van der Waals surface area contributed by atoms with Crippen LogP contribution in [0.5, 0.6) is 0 Å². The lowest BCUT2D eigenvalue weighted by molar-refractivity contribution is 0.0627. The Labute approximate surface area is 157 Å². The van der Waals surface area contributed by atoms with Gasteiger partial charge >= 0.3 is 0 Å². The lowest BCUT2D eigenvalue weighted by Gasteiger charge is -2.34. The Morgan fingerprint density at radius 2 is 1.96 bits per heavy atom. The van der Waals surface area contributed by atoms with E-state index in [9.17, 15) is 4.79 Å². The van der Waals surface area contributed by atoms with Gasteiger partial charge in [0.15, 0.2) is 0 Å². The van der Waals surface area contributed by atoms with Gasteiger partial charge in [0.1, 0.15) is 0 Å². The van der Waals surface area contributed by atoms with Crippen molar-refractivity contribution in [3.8, 4) is 0 Å². The topological polar surface area (TPSA) is 49.3 Å². The minimum atomic E-state index is 0.117. The van der Waals surface area contributed by atoms with Crippen LogP contribution in [-0.4, -0.2) is 51.9 Å². The highest BCUT2D eigenvalue weighted by molar-refractivity contribution is 7.18. The summed E-state index contributed by atoms with van der Waals surface area (Å²) in [6, 6.07) is 9.89. The van der Waals surface area contributed by atoms with Gasteiger partial charge < -0.3 is 4.90 Å². The van der Waals surface area contributed by atoms with Crippen molar-refractivity contribution in [1.29, 1.82) is 0 Å². The van der Waals surface area contributed by atoms with Crippen LogP contribution in [0.2, 0.25) is 0 Å². The molecule has 0 bridgehead atoms. The highest BCUT2D eigenvalue weighted by atomic mass is 32.1. The smallest absolute Gasteiger partial charge is 0.253 e. The number of nitrogens with zero attached hydrogens (tertiary/aromatic N) is 4. The highest BCUT2D eigenvalue weighted by Gasteiger charge is 2.23. The molecule has 3 aromatic rings. The van der Waals surface area contributed by atoms with E-state index in [0.29, 0.717) is 0 Å². The number of carbonyl (C=O) groups excluding carboxylic acids is 1. The molecule has 4 rings (SSSR count). The van der Waals surface area contributed by atoms with Gasteiger partial charge in [0, 0.05) is 44.5 Å². The van der Waals surface area contributed by atoms with Crippen LogP contribution in [0, 0.1) is 13.8 Å². The fourth-order valence-corrected chi connectivity index (χ4v) is 4.23. The van der Waals surface area contributed by atoms with Crippen molar-refractivity contribution < 1.29 is 4.79 Å². The van der Waals surface area contributed by atoms with Crippen LogP contribution in [0.25, 0.3) is 10.2 Å². The molecule has 1 aliphatic heterocycles. The van der Waals surface area contributed by atoms with E-state index in [1.54, 1.807) is 11.3 Å². The number of thiazole rings is 1. The lowest BCUT2D eigenvalue weighted by Crippen LogP contribution is -2.48. The third kappa shape index (κ3) is 3.48. The van der Waals surface area contributed by atoms with E-state index < -0.39 is 0 Å². The molecule has 1 aromatic carbocycles. The van der Waals surface area contributed by atoms with Gasteiger partial charge in [0.2, 0.25) is 0 Å². The summed E-state index contributed by atoms with van der Waals surface area (Å²) in [5.74, 6) is 0.117. The van der Waals surface area contributed by atoms with Crippen molar-refractivity contribution in [2.45, 2.75) is 20.4 Å². The van der Waals surface area contributed by atoms with E-state index in [4.69, 9.17) is 0 Å². The van der Waals surface area contributed by atoms with Crippen LogP contribution >= 0.6 is 11.3 Å². The monoisotopic (exact) mass is 366 g/mol. The second-order valence-electron chi connectivity index (χ2n) is 6.75. The Bertz CT molecular complexity index is 944. The largest absolute Gasteiger partial charge is 0.336 e. The molecule has 1 amide bonds. The van der Waals surface area contributed by atoms with Gasteiger partial charge in [-0.25, -0.2) is 4.98 Å². The molecule has 0 N–H and O–H groups in total. The van der Waals surface area contributed by atoms with Crippen molar-refractivity contribution >= 4 is 27.5 Å². The number of rotatable bonds is 3. The van der Waals surface area contributed by atoms with E-state index in [0.717, 1.165) is 59.2 Å². The van der Waals surface area contributed by atoms with Crippen molar-refractivity contribution in [1.82, 2.24) is 19.8 Å². The third-order valence-corrected chi connectivity index (χ3v) is 5.83. The standard InChI is InChI=1S/C20H22N4OS/c1-14-4-3-7-21-18(14)13-23-8-10-24(11-9-23)20(25)16-5-6-17-19(12-16)26-15(2)22-17/h3-7,12H,8-11,13H2,1-2H3. The first-order chi connectivity index (χ1) is 12.6. The highest BCUT2D eigenvalue weighted by Crippen LogP contribution is 2.23. The van der Waals surface area contributed by atoms with Crippen molar-refractivity contribution in [3.05, 3.63) is 58.4 Å². The molecule has 26 heavy (non-hydrogen) atoms. The maximum atomic E-state index is 12.8. The minimum absolute atomic E-state index is 0.117. The Hall–Kier alpha value is -2.31. The van der Waals surface area contributed by atoms with Crippen molar-refractivity contribution in [2.24, 2.45) is 0 Å². The van der Waals surface area contributed by atoms with E-state index in [1.165, 1.54) is 5.56 Å². The number of amides is 1.